The van der Waals surface area contributed by atoms with Crippen molar-refractivity contribution in [1.82, 2.24) is 4.72 Å². The highest BCUT2D eigenvalue weighted by Crippen LogP contribution is 2.27. The van der Waals surface area contributed by atoms with Crippen LogP contribution in [0.4, 0.5) is 0 Å². The van der Waals surface area contributed by atoms with Crippen molar-refractivity contribution in [3.63, 3.8) is 0 Å². The van der Waals surface area contributed by atoms with Crippen LogP contribution in [-0.4, -0.2) is 41.9 Å². The topological polar surface area (TPSA) is 64.6 Å². The van der Waals surface area contributed by atoms with Crippen LogP contribution in [0.5, 0.6) is 0 Å². The van der Waals surface area contributed by atoms with E-state index < -0.39 is 10.0 Å². The molecule has 1 rings (SSSR count). The van der Waals surface area contributed by atoms with Gasteiger partial charge in [0, 0.05) is 24.7 Å². The standard InChI is InChI=1S/C10H16BrNO4S2/c1-15-6-7-16-5-2-4-12-18(13,14)10-9(11)3-8-17-10/h3,8,12H,2,4-7H2,1H3. The SMILES string of the molecule is COCCOCCCNS(=O)(=O)c1sccc1Br. The molecule has 0 aliphatic heterocycles. The fourth-order valence-electron chi connectivity index (χ4n) is 1.16. The Hall–Kier alpha value is 0.01000. The fraction of sp³-hybridized carbons (Fsp3) is 0.600. The van der Waals surface area contributed by atoms with E-state index in [1.807, 2.05) is 0 Å². The van der Waals surface area contributed by atoms with Crippen LogP contribution in [-0.2, 0) is 19.5 Å². The number of sulfonamides is 1. The van der Waals surface area contributed by atoms with Crippen molar-refractivity contribution in [2.75, 3.05) is 33.5 Å². The second kappa shape index (κ2) is 8.23. The van der Waals surface area contributed by atoms with Gasteiger partial charge in [0.1, 0.15) is 4.21 Å². The van der Waals surface area contributed by atoms with Crippen LogP contribution in [0.25, 0.3) is 0 Å². The monoisotopic (exact) mass is 357 g/mol. The van der Waals surface area contributed by atoms with Crippen LogP contribution in [0.15, 0.2) is 20.1 Å². The zero-order chi connectivity index (χ0) is 13.4. The Balaban J connectivity index is 2.25. The van der Waals surface area contributed by atoms with Crippen molar-refractivity contribution in [3.05, 3.63) is 15.9 Å². The minimum Gasteiger partial charge on any atom is -0.382 e. The lowest BCUT2D eigenvalue weighted by Gasteiger charge is -2.06. The lowest BCUT2D eigenvalue weighted by Crippen LogP contribution is -2.25. The second-order valence-corrected chi connectivity index (χ2v) is 7.15. The Morgan fingerprint density at radius 1 is 1.39 bits per heavy atom. The van der Waals surface area contributed by atoms with Crippen molar-refractivity contribution in [3.8, 4) is 0 Å². The van der Waals surface area contributed by atoms with Crippen LogP contribution in [0.3, 0.4) is 0 Å². The van der Waals surface area contributed by atoms with Gasteiger partial charge in [-0.1, -0.05) is 0 Å². The van der Waals surface area contributed by atoms with Crippen molar-refractivity contribution < 1.29 is 17.9 Å². The highest BCUT2D eigenvalue weighted by Gasteiger charge is 2.18. The first kappa shape index (κ1) is 16.1. The molecule has 0 amide bonds. The molecule has 0 aromatic carbocycles. The van der Waals surface area contributed by atoms with Gasteiger partial charge in [-0.15, -0.1) is 11.3 Å². The maximum Gasteiger partial charge on any atom is 0.251 e. The largest absolute Gasteiger partial charge is 0.382 e. The molecular formula is C10H16BrNO4S2. The molecule has 0 aliphatic carbocycles. The molecule has 5 nitrogen and oxygen atoms in total. The van der Waals surface area contributed by atoms with Crippen molar-refractivity contribution >= 4 is 37.3 Å². The molecule has 0 unspecified atom stereocenters. The van der Waals surface area contributed by atoms with Gasteiger partial charge < -0.3 is 9.47 Å². The third-order valence-corrected chi connectivity index (χ3v) is 6.15. The molecule has 8 heteroatoms. The van der Waals surface area contributed by atoms with Crippen molar-refractivity contribution in [1.29, 1.82) is 0 Å². The second-order valence-electron chi connectivity index (χ2n) is 3.41. The molecule has 0 spiro atoms. The zero-order valence-corrected chi connectivity index (χ0v) is 13.2. The van der Waals surface area contributed by atoms with Gasteiger partial charge in [0.15, 0.2) is 0 Å². The Morgan fingerprint density at radius 2 is 2.17 bits per heavy atom. The summed E-state index contributed by atoms with van der Waals surface area (Å²) in [6.45, 7) is 1.95. The van der Waals surface area contributed by atoms with Gasteiger partial charge in [-0.2, -0.15) is 0 Å². The third-order valence-electron chi connectivity index (χ3n) is 2.02. The van der Waals surface area contributed by atoms with Gasteiger partial charge in [-0.25, -0.2) is 13.1 Å². The van der Waals surface area contributed by atoms with E-state index in [2.05, 4.69) is 20.7 Å². The van der Waals surface area contributed by atoms with Gasteiger partial charge in [0.05, 0.1) is 13.2 Å². The van der Waals surface area contributed by atoms with E-state index in [0.717, 1.165) is 0 Å². The van der Waals surface area contributed by atoms with Gasteiger partial charge in [0.2, 0.25) is 0 Å². The van der Waals surface area contributed by atoms with Gasteiger partial charge in [0.25, 0.3) is 10.0 Å². The van der Waals surface area contributed by atoms with Crippen LogP contribution >= 0.6 is 27.3 Å². The van der Waals surface area contributed by atoms with E-state index in [1.54, 1.807) is 18.6 Å². The maximum atomic E-state index is 11.9. The highest BCUT2D eigenvalue weighted by molar-refractivity contribution is 9.10. The summed E-state index contributed by atoms with van der Waals surface area (Å²) in [6, 6.07) is 1.72. The molecule has 0 radical (unpaired) electrons. The van der Waals surface area contributed by atoms with E-state index in [-0.39, 0.29) is 0 Å². The number of hydrogen-bond acceptors (Lipinski definition) is 5. The van der Waals surface area contributed by atoms with Crippen molar-refractivity contribution in [2.24, 2.45) is 0 Å². The highest BCUT2D eigenvalue weighted by atomic mass is 79.9. The van der Waals surface area contributed by atoms with E-state index in [1.165, 1.54) is 11.3 Å². The Morgan fingerprint density at radius 3 is 2.78 bits per heavy atom. The van der Waals surface area contributed by atoms with Gasteiger partial charge in [-0.3, -0.25) is 0 Å². The third kappa shape index (κ3) is 5.33. The Labute approximate surface area is 120 Å². The number of ether oxygens (including phenoxy) is 2. The quantitative estimate of drug-likeness (QED) is 0.685. The summed E-state index contributed by atoms with van der Waals surface area (Å²) < 4.78 is 37.2. The predicted octanol–water partition coefficient (Wildman–Crippen LogP) is 1.84. The molecule has 0 fully saturated rings. The number of methoxy groups -OCH3 is 1. The summed E-state index contributed by atoms with van der Waals surface area (Å²) in [6.07, 6.45) is 0.631. The molecule has 0 atom stereocenters. The number of rotatable bonds is 9. The first-order chi connectivity index (χ1) is 8.58. The van der Waals surface area contributed by atoms with E-state index in [9.17, 15) is 8.42 Å². The first-order valence-corrected chi connectivity index (χ1v) is 8.53. The van der Waals surface area contributed by atoms with Crippen LogP contribution in [0, 0.1) is 0 Å². The molecule has 0 saturated heterocycles. The lowest BCUT2D eigenvalue weighted by atomic mass is 10.5. The Bertz CT molecular complexity index is 446. The molecular weight excluding hydrogens is 342 g/mol. The molecule has 1 aromatic heterocycles. The molecule has 1 aromatic rings. The van der Waals surface area contributed by atoms with Gasteiger partial charge >= 0.3 is 0 Å². The summed E-state index contributed by atoms with van der Waals surface area (Å²) >= 11 is 4.39. The van der Waals surface area contributed by atoms with Crippen LogP contribution in [0.1, 0.15) is 6.42 Å². The number of thiophene rings is 1. The molecule has 104 valence electrons. The molecule has 18 heavy (non-hydrogen) atoms. The average molecular weight is 358 g/mol. The zero-order valence-electron chi connectivity index (χ0n) is 10.0. The summed E-state index contributed by atoms with van der Waals surface area (Å²) in [5, 5.41) is 1.73. The summed E-state index contributed by atoms with van der Waals surface area (Å²) in [4.78, 5) is 0. The summed E-state index contributed by atoms with van der Waals surface area (Å²) in [5.74, 6) is 0. The molecule has 0 bridgehead atoms. The van der Waals surface area contributed by atoms with Gasteiger partial charge in [-0.05, 0) is 33.8 Å². The predicted molar refractivity (Wildman–Crippen MR) is 74.5 cm³/mol. The number of halogens is 1. The average Bonchev–Trinajstić information content (AvgIpc) is 2.75. The molecule has 0 saturated carbocycles. The minimum atomic E-state index is -3.40. The molecule has 1 N–H and O–H groups in total. The first-order valence-electron chi connectivity index (χ1n) is 5.37. The normalized spacial score (nSPS) is 11.9. The minimum absolute atomic E-state index is 0.308. The lowest BCUT2D eigenvalue weighted by molar-refractivity contribution is 0.0699. The number of hydrogen-bond donors (Lipinski definition) is 1. The van der Waals surface area contributed by atoms with E-state index in [4.69, 9.17) is 9.47 Å². The van der Waals surface area contributed by atoms with E-state index >= 15 is 0 Å². The molecule has 1 heterocycles. The maximum absolute atomic E-state index is 11.9. The smallest absolute Gasteiger partial charge is 0.251 e. The Kier molecular flexibility index (Phi) is 7.35. The van der Waals surface area contributed by atoms with Crippen molar-refractivity contribution in [2.45, 2.75) is 10.6 Å². The van der Waals surface area contributed by atoms with Crippen LogP contribution < -0.4 is 4.72 Å². The van der Waals surface area contributed by atoms with E-state index in [0.29, 0.717) is 41.5 Å². The van der Waals surface area contributed by atoms with Crippen LogP contribution in [0.2, 0.25) is 0 Å². The summed E-state index contributed by atoms with van der Waals surface area (Å²) in [5.41, 5.74) is 0. The number of nitrogens with one attached hydrogen (secondary N) is 1. The molecule has 0 aliphatic rings. The fourth-order valence-corrected chi connectivity index (χ4v) is 4.62. The summed E-state index contributed by atoms with van der Waals surface area (Å²) in [7, 11) is -1.80.